The van der Waals surface area contributed by atoms with E-state index in [0.717, 1.165) is 55.2 Å². The molecular weight excluding hydrogens is 360 g/mol. The molecule has 4 heteroatoms. The minimum atomic E-state index is 0.862. The number of anilines is 2. The van der Waals surface area contributed by atoms with Crippen LogP contribution in [0.25, 0.3) is 0 Å². The quantitative estimate of drug-likeness (QED) is 0.363. The van der Waals surface area contributed by atoms with E-state index in [1.807, 2.05) is 24.3 Å². The third kappa shape index (κ3) is 5.79. The lowest BCUT2D eigenvalue weighted by Gasteiger charge is -2.09. The van der Waals surface area contributed by atoms with E-state index in [2.05, 4.69) is 59.2 Å². The highest BCUT2D eigenvalue weighted by Crippen LogP contribution is 2.16. The second-order valence-corrected chi connectivity index (χ2v) is 7.08. The van der Waals surface area contributed by atoms with Crippen molar-refractivity contribution in [2.24, 2.45) is 0 Å². The standard InChI is InChI=1S/C25H26N2O2/c1-3-24(28-17-1)13-15-26-22-9-5-20(6-10-22)19-21-7-11-23(12-8-21)27-16-14-25-4-2-18-29-25/h1-12,17-18,26-27H,13-16,19H2. The van der Waals surface area contributed by atoms with Gasteiger partial charge in [0.1, 0.15) is 11.5 Å². The zero-order valence-corrected chi connectivity index (χ0v) is 16.4. The van der Waals surface area contributed by atoms with Gasteiger partial charge in [-0.25, -0.2) is 0 Å². The normalized spacial score (nSPS) is 10.8. The van der Waals surface area contributed by atoms with E-state index < -0.39 is 0 Å². The van der Waals surface area contributed by atoms with E-state index in [4.69, 9.17) is 8.83 Å². The Labute approximate surface area is 171 Å². The number of rotatable bonds is 10. The average Bonchev–Trinajstić information content (AvgIpc) is 3.45. The molecule has 0 fully saturated rings. The molecule has 2 aromatic heterocycles. The fourth-order valence-corrected chi connectivity index (χ4v) is 3.29. The molecule has 0 unspecified atom stereocenters. The maximum atomic E-state index is 5.36. The first-order valence-corrected chi connectivity index (χ1v) is 10.1. The van der Waals surface area contributed by atoms with Crippen molar-refractivity contribution in [1.29, 1.82) is 0 Å². The lowest BCUT2D eigenvalue weighted by molar-refractivity contribution is 0.512. The lowest BCUT2D eigenvalue weighted by atomic mass is 10.0. The van der Waals surface area contributed by atoms with Gasteiger partial charge in [-0.05, 0) is 66.1 Å². The molecule has 0 saturated carbocycles. The third-order valence-electron chi connectivity index (χ3n) is 4.88. The van der Waals surface area contributed by atoms with E-state index in [9.17, 15) is 0 Å². The second-order valence-electron chi connectivity index (χ2n) is 7.08. The van der Waals surface area contributed by atoms with Crippen LogP contribution < -0.4 is 10.6 Å². The molecule has 0 spiro atoms. The Morgan fingerprint density at radius 3 is 1.38 bits per heavy atom. The van der Waals surface area contributed by atoms with E-state index >= 15 is 0 Å². The maximum Gasteiger partial charge on any atom is 0.105 e. The highest BCUT2D eigenvalue weighted by Gasteiger charge is 2.00. The first-order valence-electron chi connectivity index (χ1n) is 10.1. The second kappa shape index (κ2) is 9.69. The smallest absolute Gasteiger partial charge is 0.105 e. The van der Waals surface area contributed by atoms with Gasteiger partial charge in [0.05, 0.1) is 12.5 Å². The largest absolute Gasteiger partial charge is 0.469 e. The van der Waals surface area contributed by atoms with Gasteiger partial charge in [-0.3, -0.25) is 0 Å². The fraction of sp³-hybridized carbons (Fsp3) is 0.200. The number of nitrogens with one attached hydrogen (secondary N) is 2. The lowest BCUT2D eigenvalue weighted by Crippen LogP contribution is -2.04. The first kappa shape index (κ1) is 18.9. The van der Waals surface area contributed by atoms with E-state index in [1.165, 1.54) is 11.1 Å². The van der Waals surface area contributed by atoms with Crippen molar-refractivity contribution in [2.75, 3.05) is 23.7 Å². The molecule has 0 amide bonds. The van der Waals surface area contributed by atoms with Gasteiger partial charge in [-0.15, -0.1) is 0 Å². The molecule has 29 heavy (non-hydrogen) atoms. The maximum absolute atomic E-state index is 5.36. The van der Waals surface area contributed by atoms with Crippen LogP contribution in [0.4, 0.5) is 11.4 Å². The molecule has 4 aromatic rings. The molecular formula is C25H26N2O2. The molecule has 4 rings (SSSR count). The molecule has 0 radical (unpaired) electrons. The topological polar surface area (TPSA) is 50.3 Å². The van der Waals surface area contributed by atoms with Crippen molar-refractivity contribution < 1.29 is 8.83 Å². The number of hydrogen-bond donors (Lipinski definition) is 2. The summed E-state index contributed by atoms with van der Waals surface area (Å²) in [6.07, 6.45) is 6.13. The molecule has 0 bridgehead atoms. The van der Waals surface area contributed by atoms with Crippen molar-refractivity contribution in [3.8, 4) is 0 Å². The first-order chi connectivity index (χ1) is 14.3. The summed E-state index contributed by atoms with van der Waals surface area (Å²) in [6, 6.07) is 25.2. The molecule has 148 valence electrons. The minimum absolute atomic E-state index is 0.862. The SMILES string of the molecule is c1coc(CCNc2ccc(Cc3ccc(NCCc4ccco4)cc3)cc2)c1. The van der Waals surface area contributed by atoms with Crippen LogP contribution in [0.1, 0.15) is 22.6 Å². The van der Waals surface area contributed by atoms with Gasteiger partial charge < -0.3 is 19.5 Å². The highest BCUT2D eigenvalue weighted by molar-refractivity contribution is 5.47. The molecule has 0 aliphatic carbocycles. The van der Waals surface area contributed by atoms with E-state index in [-0.39, 0.29) is 0 Å². The van der Waals surface area contributed by atoms with E-state index in [1.54, 1.807) is 12.5 Å². The molecule has 2 aromatic carbocycles. The van der Waals surface area contributed by atoms with Crippen LogP contribution in [0.15, 0.2) is 94.2 Å². The average molecular weight is 386 g/mol. The van der Waals surface area contributed by atoms with Gasteiger partial charge in [-0.1, -0.05) is 24.3 Å². The molecule has 4 nitrogen and oxygen atoms in total. The zero-order valence-electron chi connectivity index (χ0n) is 16.4. The Morgan fingerprint density at radius 2 is 1.00 bits per heavy atom. The Balaban J connectivity index is 1.22. The van der Waals surface area contributed by atoms with Gasteiger partial charge in [0, 0.05) is 37.3 Å². The summed E-state index contributed by atoms with van der Waals surface area (Å²) in [5.41, 5.74) is 4.88. The van der Waals surface area contributed by atoms with Crippen LogP contribution in [0.5, 0.6) is 0 Å². The molecule has 0 aliphatic heterocycles. The predicted molar refractivity (Wildman–Crippen MR) is 117 cm³/mol. The number of hydrogen-bond acceptors (Lipinski definition) is 4. The summed E-state index contributed by atoms with van der Waals surface area (Å²) in [5, 5.41) is 6.87. The Kier molecular flexibility index (Phi) is 6.33. The third-order valence-corrected chi connectivity index (χ3v) is 4.88. The van der Waals surface area contributed by atoms with Crippen molar-refractivity contribution in [3.63, 3.8) is 0 Å². The van der Waals surface area contributed by atoms with Crippen LogP contribution in [-0.4, -0.2) is 13.1 Å². The number of furan rings is 2. The molecule has 2 N–H and O–H groups in total. The Hall–Kier alpha value is -3.40. The van der Waals surface area contributed by atoms with Gasteiger partial charge in [0.15, 0.2) is 0 Å². The fourth-order valence-electron chi connectivity index (χ4n) is 3.29. The summed E-state index contributed by atoms with van der Waals surface area (Å²) >= 11 is 0. The Morgan fingerprint density at radius 1 is 0.552 bits per heavy atom. The van der Waals surface area contributed by atoms with Crippen LogP contribution in [0, 0.1) is 0 Å². The van der Waals surface area contributed by atoms with Crippen molar-refractivity contribution in [2.45, 2.75) is 19.3 Å². The summed E-state index contributed by atoms with van der Waals surface area (Å²) in [7, 11) is 0. The van der Waals surface area contributed by atoms with Gasteiger partial charge in [0.2, 0.25) is 0 Å². The molecule has 0 atom stereocenters. The summed E-state index contributed by atoms with van der Waals surface area (Å²) < 4.78 is 10.7. The van der Waals surface area contributed by atoms with Crippen LogP contribution in [0.3, 0.4) is 0 Å². The highest BCUT2D eigenvalue weighted by atomic mass is 16.3. The van der Waals surface area contributed by atoms with Crippen molar-refractivity contribution in [1.82, 2.24) is 0 Å². The van der Waals surface area contributed by atoms with Crippen molar-refractivity contribution >= 4 is 11.4 Å². The van der Waals surface area contributed by atoms with Gasteiger partial charge >= 0.3 is 0 Å². The van der Waals surface area contributed by atoms with Gasteiger partial charge in [-0.2, -0.15) is 0 Å². The summed E-state index contributed by atoms with van der Waals surface area (Å²) in [4.78, 5) is 0. The van der Waals surface area contributed by atoms with Crippen LogP contribution >= 0.6 is 0 Å². The monoisotopic (exact) mass is 386 g/mol. The Bertz CT molecular complexity index is 875. The summed E-state index contributed by atoms with van der Waals surface area (Å²) in [6.45, 7) is 1.72. The summed E-state index contributed by atoms with van der Waals surface area (Å²) in [5.74, 6) is 2.01. The van der Waals surface area contributed by atoms with E-state index in [0.29, 0.717) is 0 Å². The molecule has 2 heterocycles. The molecule has 0 aliphatic rings. The zero-order chi connectivity index (χ0) is 19.7. The minimum Gasteiger partial charge on any atom is -0.469 e. The van der Waals surface area contributed by atoms with Crippen molar-refractivity contribution in [3.05, 3.63) is 108 Å². The van der Waals surface area contributed by atoms with Gasteiger partial charge in [0.25, 0.3) is 0 Å². The molecule has 0 saturated heterocycles. The predicted octanol–water partition coefficient (Wildman–Crippen LogP) is 5.77. The number of benzene rings is 2. The van der Waals surface area contributed by atoms with Crippen LogP contribution in [-0.2, 0) is 19.3 Å². The van der Waals surface area contributed by atoms with Crippen LogP contribution in [0.2, 0.25) is 0 Å².